The van der Waals surface area contributed by atoms with E-state index in [1.807, 2.05) is 6.07 Å². The van der Waals surface area contributed by atoms with Crippen molar-refractivity contribution in [3.63, 3.8) is 0 Å². The third-order valence-corrected chi connectivity index (χ3v) is 3.81. The molecule has 1 aromatic rings. The van der Waals surface area contributed by atoms with Gasteiger partial charge in [-0.3, -0.25) is 10.1 Å². The fourth-order valence-corrected chi connectivity index (χ4v) is 2.65. The SMILES string of the molecule is CCCCN1CCc2cc(CC(C)[N+](=O)[O-])ccc21. The Labute approximate surface area is 114 Å². The second-order valence-corrected chi connectivity index (χ2v) is 5.39. The van der Waals surface area contributed by atoms with E-state index in [4.69, 9.17) is 0 Å². The molecule has 4 nitrogen and oxygen atoms in total. The van der Waals surface area contributed by atoms with Gasteiger partial charge in [-0.25, -0.2) is 0 Å². The first-order valence-electron chi connectivity index (χ1n) is 7.12. The van der Waals surface area contributed by atoms with Gasteiger partial charge in [0.05, 0.1) is 0 Å². The molecule has 4 heteroatoms. The van der Waals surface area contributed by atoms with Gasteiger partial charge in [0, 0.05) is 37.0 Å². The van der Waals surface area contributed by atoms with Crippen LogP contribution in [0.25, 0.3) is 0 Å². The van der Waals surface area contributed by atoms with Crippen molar-refractivity contribution in [1.29, 1.82) is 0 Å². The summed E-state index contributed by atoms with van der Waals surface area (Å²) in [4.78, 5) is 12.9. The highest BCUT2D eigenvalue weighted by atomic mass is 16.6. The summed E-state index contributed by atoms with van der Waals surface area (Å²) in [5.74, 6) is 0. The maximum absolute atomic E-state index is 10.7. The van der Waals surface area contributed by atoms with Gasteiger partial charge in [-0.2, -0.15) is 0 Å². The molecule has 0 aliphatic carbocycles. The van der Waals surface area contributed by atoms with E-state index in [0.29, 0.717) is 6.42 Å². The molecule has 0 N–H and O–H groups in total. The largest absolute Gasteiger partial charge is 0.371 e. The monoisotopic (exact) mass is 262 g/mol. The van der Waals surface area contributed by atoms with E-state index in [9.17, 15) is 10.1 Å². The Morgan fingerprint density at radius 3 is 2.95 bits per heavy atom. The molecular weight excluding hydrogens is 240 g/mol. The predicted octanol–water partition coefficient (Wildman–Crippen LogP) is 3.06. The molecule has 1 unspecified atom stereocenters. The molecule has 19 heavy (non-hydrogen) atoms. The van der Waals surface area contributed by atoms with Gasteiger partial charge >= 0.3 is 0 Å². The molecule has 0 spiro atoms. The molecule has 1 aromatic carbocycles. The molecule has 2 rings (SSSR count). The number of unbranched alkanes of at least 4 members (excludes halogenated alkanes) is 1. The molecule has 0 saturated heterocycles. The van der Waals surface area contributed by atoms with Crippen LogP contribution >= 0.6 is 0 Å². The Bertz CT molecular complexity index is 459. The molecule has 1 aliphatic rings. The Kier molecular flexibility index (Phi) is 4.40. The van der Waals surface area contributed by atoms with Crippen LogP contribution in [0, 0.1) is 10.1 Å². The summed E-state index contributed by atoms with van der Waals surface area (Å²) < 4.78 is 0. The number of hydrogen-bond donors (Lipinski definition) is 0. The van der Waals surface area contributed by atoms with Crippen LogP contribution in [-0.2, 0) is 12.8 Å². The van der Waals surface area contributed by atoms with Gasteiger partial charge in [0.2, 0.25) is 6.04 Å². The van der Waals surface area contributed by atoms with Gasteiger partial charge in [-0.1, -0.05) is 25.5 Å². The van der Waals surface area contributed by atoms with Gasteiger partial charge in [-0.15, -0.1) is 0 Å². The summed E-state index contributed by atoms with van der Waals surface area (Å²) in [6.45, 7) is 6.08. The molecule has 1 atom stereocenters. The van der Waals surface area contributed by atoms with Crippen molar-refractivity contribution in [1.82, 2.24) is 0 Å². The summed E-state index contributed by atoms with van der Waals surface area (Å²) in [6, 6.07) is 5.83. The number of rotatable bonds is 6. The van der Waals surface area contributed by atoms with Crippen molar-refractivity contribution in [3.8, 4) is 0 Å². The number of hydrogen-bond acceptors (Lipinski definition) is 3. The predicted molar refractivity (Wildman–Crippen MR) is 77.4 cm³/mol. The van der Waals surface area contributed by atoms with Crippen LogP contribution in [0.5, 0.6) is 0 Å². The molecule has 104 valence electrons. The van der Waals surface area contributed by atoms with Crippen LogP contribution in [0.15, 0.2) is 18.2 Å². The number of anilines is 1. The van der Waals surface area contributed by atoms with Gasteiger partial charge in [0.25, 0.3) is 0 Å². The fourth-order valence-electron chi connectivity index (χ4n) is 2.65. The van der Waals surface area contributed by atoms with Crippen molar-refractivity contribution in [2.45, 2.75) is 45.6 Å². The van der Waals surface area contributed by atoms with Crippen LogP contribution in [0.1, 0.15) is 37.8 Å². The van der Waals surface area contributed by atoms with E-state index in [-0.39, 0.29) is 4.92 Å². The molecule has 0 fully saturated rings. The minimum atomic E-state index is -0.504. The first-order chi connectivity index (χ1) is 9.11. The van der Waals surface area contributed by atoms with E-state index < -0.39 is 6.04 Å². The van der Waals surface area contributed by atoms with Crippen molar-refractivity contribution >= 4 is 5.69 Å². The van der Waals surface area contributed by atoms with Crippen molar-refractivity contribution in [3.05, 3.63) is 39.4 Å². The molecule has 0 radical (unpaired) electrons. The standard InChI is InChI=1S/C15H22N2O2/c1-3-4-8-16-9-7-14-11-13(5-6-15(14)16)10-12(2)17(18)19/h5-6,11-12H,3-4,7-10H2,1-2H3. The minimum Gasteiger partial charge on any atom is -0.371 e. The van der Waals surface area contributed by atoms with Crippen LogP contribution in [-0.4, -0.2) is 24.1 Å². The van der Waals surface area contributed by atoms with E-state index in [1.165, 1.54) is 24.1 Å². The van der Waals surface area contributed by atoms with Crippen molar-refractivity contribution in [2.75, 3.05) is 18.0 Å². The molecule has 1 aliphatic heterocycles. The summed E-state index contributed by atoms with van der Waals surface area (Å²) in [7, 11) is 0. The lowest BCUT2D eigenvalue weighted by atomic mass is 10.0. The molecule has 0 amide bonds. The highest BCUT2D eigenvalue weighted by Gasteiger charge is 2.20. The molecule has 1 heterocycles. The highest BCUT2D eigenvalue weighted by Crippen LogP contribution is 2.29. The van der Waals surface area contributed by atoms with Crippen LogP contribution in [0.3, 0.4) is 0 Å². The zero-order valence-electron chi connectivity index (χ0n) is 11.8. The quantitative estimate of drug-likeness (QED) is 0.584. The van der Waals surface area contributed by atoms with Crippen LogP contribution in [0.2, 0.25) is 0 Å². The Hall–Kier alpha value is -1.58. The Morgan fingerprint density at radius 2 is 2.26 bits per heavy atom. The first kappa shape index (κ1) is 13.8. The Balaban J connectivity index is 2.07. The van der Waals surface area contributed by atoms with E-state index in [2.05, 4.69) is 24.0 Å². The molecular formula is C15H22N2O2. The lowest BCUT2D eigenvalue weighted by molar-refractivity contribution is -0.517. The average Bonchev–Trinajstić information content (AvgIpc) is 2.78. The maximum Gasteiger partial charge on any atom is 0.214 e. The minimum absolute atomic E-state index is 0.208. The van der Waals surface area contributed by atoms with E-state index in [0.717, 1.165) is 25.1 Å². The number of nitro groups is 1. The second-order valence-electron chi connectivity index (χ2n) is 5.39. The Morgan fingerprint density at radius 1 is 1.47 bits per heavy atom. The van der Waals surface area contributed by atoms with Gasteiger partial charge < -0.3 is 4.90 Å². The second kappa shape index (κ2) is 6.04. The highest BCUT2D eigenvalue weighted by molar-refractivity contribution is 5.59. The third-order valence-electron chi connectivity index (χ3n) is 3.81. The summed E-state index contributed by atoms with van der Waals surface area (Å²) in [5, 5.41) is 10.7. The van der Waals surface area contributed by atoms with Crippen LogP contribution < -0.4 is 4.90 Å². The van der Waals surface area contributed by atoms with Crippen molar-refractivity contribution < 1.29 is 4.92 Å². The molecule has 0 saturated carbocycles. The lowest BCUT2D eigenvalue weighted by Gasteiger charge is -2.19. The number of nitrogens with zero attached hydrogens (tertiary/aromatic N) is 2. The summed E-state index contributed by atoms with van der Waals surface area (Å²) in [6.07, 6.45) is 4.03. The zero-order valence-corrected chi connectivity index (χ0v) is 11.8. The molecule has 0 aromatic heterocycles. The third kappa shape index (κ3) is 3.25. The van der Waals surface area contributed by atoms with Crippen LogP contribution in [0.4, 0.5) is 5.69 Å². The molecule has 0 bridgehead atoms. The lowest BCUT2D eigenvalue weighted by Crippen LogP contribution is -2.21. The van der Waals surface area contributed by atoms with Gasteiger partial charge in [0.1, 0.15) is 0 Å². The zero-order chi connectivity index (χ0) is 13.8. The van der Waals surface area contributed by atoms with Crippen molar-refractivity contribution in [2.24, 2.45) is 0 Å². The van der Waals surface area contributed by atoms with E-state index in [1.54, 1.807) is 6.92 Å². The number of benzene rings is 1. The normalized spacial score (nSPS) is 15.4. The maximum atomic E-state index is 10.7. The van der Waals surface area contributed by atoms with Gasteiger partial charge in [0.15, 0.2) is 0 Å². The van der Waals surface area contributed by atoms with Gasteiger partial charge in [-0.05, 0) is 30.0 Å². The smallest absolute Gasteiger partial charge is 0.214 e. The average molecular weight is 262 g/mol. The number of fused-ring (bicyclic) bond motifs is 1. The van der Waals surface area contributed by atoms with E-state index >= 15 is 0 Å². The topological polar surface area (TPSA) is 46.4 Å². The first-order valence-corrected chi connectivity index (χ1v) is 7.12. The summed E-state index contributed by atoms with van der Waals surface area (Å²) in [5.41, 5.74) is 3.76. The fraction of sp³-hybridized carbons (Fsp3) is 0.600. The summed E-state index contributed by atoms with van der Waals surface area (Å²) >= 11 is 0.